The van der Waals surface area contributed by atoms with Crippen molar-refractivity contribution in [3.8, 4) is 0 Å². The van der Waals surface area contributed by atoms with Crippen LogP contribution in [0.5, 0.6) is 0 Å². The van der Waals surface area contributed by atoms with Crippen LogP contribution in [0.3, 0.4) is 0 Å². The van der Waals surface area contributed by atoms with Gasteiger partial charge in [0.2, 0.25) is 5.96 Å². The highest BCUT2D eigenvalue weighted by atomic mass is 32.2. The Morgan fingerprint density at radius 2 is 2.00 bits per heavy atom. The zero-order valence-electron chi connectivity index (χ0n) is 7.55. The van der Waals surface area contributed by atoms with E-state index >= 15 is 0 Å². The summed E-state index contributed by atoms with van der Waals surface area (Å²) in [6.07, 6.45) is 1.66. The van der Waals surface area contributed by atoms with Gasteiger partial charge < -0.3 is 11.5 Å². The molecule has 1 aromatic rings. The first kappa shape index (κ1) is 10.5. The van der Waals surface area contributed by atoms with E-state index in [1.807, 2.05) is 35.7 Å². The van der Waals surface area contributed by atoms with Gasteiger partial charge in [-0.3, -0.25) is 5.43 Å². The molecule has 0 radical (unpaired) electrons. The smallest absolute Gasteiger partial charge is 0.208 e. The summed E-state index contributed by atoms with van der Waals surface area (Å²) in [5.41, 5.74) is 12.8. The molecule has 0 amide bonds. The van der Waals surface area contributed by atoms with Gasteiger partial charge in [0.1, 0.15) is 0 Å². The summed E-state index contributed by atoms with van der Waals surface area (Å²) in [5, 5.41) is 5.44. The molecule has 0 atom stereocenters. The molecule has 0 fully saturated rings. The van der Waals surface area contributed by atoms with Crippen molar-refractivity contribution >= 4 is 17.7 Å². The summed E-state index contributed by atoms with van der Waals surface area (Å²) in [4.78, 5) is 1.16. The molecule has 0 saturated heterocycles. The number of guanidine groups is 1. The van der Waals surface area contributed by atoms with E-state index in [2.05, 4.69) is 10.5 Å². The fourth-order valence-corrected chi connectivity index (χ4v) is 1.35. The zero-order valence-corrected chi connectivity index (χ0v) is 8.37. The molecule has 0 spiro atoms. The average molecular weight is 208 g/mol. The Bertz CT molecular complexity index is 317. The standard InChI is InChI=1S/C9H12N4S/c10-9(11)13-12-6-7-14-8-4-2-1-3-5-8/h1-7,12H,(H4,10,11,13). The van der Waals surface area contributed by atoms with E-state index in [-0.39, 0.29) is 5.96 Å². The summed E-state index contributed by atoms with van der Waals surface area (Å²) < 4.78 is 0. The maximum atomic E-state index is 5.11. The largest absolute Gasteiger partial charge is 0.369 e. The second-order valence-corrected chi connectivity index (χ2v) is 3.38. The Labute approximate surface area is 87.1 Å². The van der Waals surface area contributed by atoms with Crippen LogP contribution in [-0.4, -0.2) is 5.96 Å². The Morgan fingerprint density at radius 3 is 2.64 bits per heavy atom. The number of nitrogens with one attached hydrogen (secondary N) is 1. The van der Waals surface area contributed by atoms with Crippen LogP contribution in [0.4, 0.5) is 0 Å². The van der Waals surface area contributed by atoms with E-state index in [4.69, 9.17) is 11.5 Å². The highest BCUT2D eigenvalue weighted by molar-refractivity contribution is 8.02. The molecule has 14 heavy (non-hydrogen) atoms. The molecule has 5 heteroatoms. The molecule has 0 saturated carbocycles. The van der Waals surface area contributed by atoms with Gasteiger partial charge in [0, 0.05) is 11.1 Å². The van der Waals surface area contributed by atoms with E-state index < -0.39 is 0 Å². The normalized spacial score (nSPS) is 10.0. The number of nitrogens with zero attached hydrogens (tertiary/aromatic N) is 1. The molecule has 0 aliphatic carbocycles. The molecule has 5 N–H and O–H groups in total. The topological polar surface area (TPSA) is 76.4 Å². The Hall–Kier alpha value is -1.62. The van der Waals surface area contributed by atoms with Crippen LogP contribution in [0.1, 0.15) is 0 Å². The first-order valence-corrected chi connectivity index (χ1v) is 4.88. The molecule has 74 valence electrons. The minimum absolute atomic E-state index is 0.0133. The van der Waals surface area contributed by atoms with Gasteiger partial charge in [-0.05, 0) is 17.5 Å². The number of nitrogens with two attached hydrogens (primary N) is 2. The maximum absolute atomic E-state index is 5.11. The van der Waals surface area contributed by atoms with Gasteiger partial charge in [0.05, 0.1) is 0 Å². The van der Waals surface area contributed by atoms with E-state index in [1.54, 1.807) is 18.0 Å². The number of benzene rings is 1. The van der Waals surface area contributed by atoms with E-state index in [1.165, 1.54) is 0 Å². The fraction of sp³-hybridized carbons (Fsp3) is 0. The summed E-state index contributed by atoms with van der Waals surface area (Å²) in [6.45, 7) is 0. The second kappa shape index (κ2) is 5.93. The van der Waals surface area contributed by atoms with Gasteiger partial charge in [-0.15, -0.1) is 5.10 Å². The summed E-state index contributed by atoms with van der Waals surface area (Å²) in [7, 11) is 0. The SMILES string of the molecule is NC(N)=NNC=CSc1ccccc1. The predicted octanol–water partition coefficient (Wildman–Crippen LogP) is 1.03. The summed E-state index contributed by atoms with van der Waals surface area (Å²) in [6, 6.07) is 10.00. The molecule has 0 aromatic heterocycles. The van der Waals surface area contributed by atoms with Crippen LogP contribution >= 0.6 is 11.8 Å². The molecule has 0 heterocycles. The van der Waals surface area contributed by atoms with Gasteiger partial charge in [-0.2, -0.15) is 0 Å². The van der Waals surface area contributed by atoms with E-state index in [0.717, 1.165) is 4.90 Å². The highest BCUT2D eigenvalue weighted by Crippen LogP contribution is 2.17. The molecular weight excluding hydrogens is 196 g/mol. The van der Waals surface area contributed by atoms with Crippen molar-refractivity contribution in [1.29, 1.82) is 0 Å². The lowest BCUT2D eigenvalue weighted by Gasteiger charge is -1.94. The molecule has 0 aliphatic heterocycles. The first-order chi connectivity index (χ1) is 6.79. The van der Waals surface area contributed by atoms with Crippen LogP contribution < -0.4 is 16.9 Å². The minimum Gasteiger partial charge on any atom is -0.369 e. The monoisotopic (exact) mass is 208 g/mol. The van der Waals surface area contributed by atoms with Crippen molar-refractivity contribution in [3.63, 3.8) is 0 Å². The lowest BCUT2D eigenvalue weighted by molar-refractivity contribution is 0.960. The van der Waals surface area contributed by atoms with Gasteiger partial charge >= 0.3 is 0 Å². The van der Waals surface area contributed by atoms with Gasteiger partial charge in [-0.25, -0.2) is 0 Å². The van der Waals surface area contributed by atoms with Crippen molar-refractivity contribution in [2.45, 2.75) is 4.90 Å². The van der Waals surface area contributed by atoms with Crippen LogP contribution in [-0.2, 0) is 0 Å². The number of hydrogen-bond acceptors (Lipinski definition) is 3. The highest BCUT2D eigenvalue weighted by Gasteiger charge is 1.85. The predicted molar refractivity (Wildman–Crippen MR) is 60.4 cm³/mol. The maximum Gasteiger partial charge on any atom is 0.208 e. The minimum atomic E-state index is 0.0133. The summed E-state index contributed by atoms with van der Waals surface area (Å²) >= 11 is 1.58. The molecule has 1 aromatic carbocycles. The number of thioether (sulfide) groups is 1. The third-order valence-electron chi connectivity index (χ3n) is 1.28. The first-order valence-electron chi connectivity index (χ1n) is 4.00. The van der Waals surface area contributed by atoms with E-state index in [9.17, 15) is 0 Å². The second-order valence-electron chi connectivity index (χ2n) is 2.40. The third kappa shape index (κ3) is 4.42. The quantitative estimate of drug-likeness (QED) is 0.299. The van der Waals surface area contributed by atoms with Gasteiger partial charge in [-0.1, -0.05) is 30.0 Å². The Balaban J connectivity index is 2.31. The van der Waals surface area contributed by atoms with E-state index in [0.29, 0.717) is 0 Å². The van der Waals surface area contributed by atoms with Crippen molar-refractivity contribution in [2.75, 3.05) is 0 Å². The Kier molecular flexibility index (Phi) is 4.43. The van der Waals surface area contributed by atoms with Gasteiger partial charge in [0.15, 0.2) is 0 Å². The zero-order chi connectivity index (χ0) is 10.2. The number of hydrogen-bond donors (Lipinski definition) is 3. The molecule has 1 rings (SSSR count). The average Bonchev–Trinajstić information content (AvgIpc) is 2.18. The van der Waals surface area contributed by atoms with Crippen LogP contribution in [0, 0.1) is 0 Å². The number of hydrazone groups is 1. The third-order valence-corrected chi connectivity index (χ3v) is 2.10. The molecule has 0 bridgehead atoms. The number of rotatable bonds is 4. The van der Waals surface area contributed by atoms with Crippen molar-refractivity contribution in [1.82, 2.24) is 5.43 Å². The van der Waals surface area contributed by atoms with Gasteiger partial charge in [0.25, 0.3) is 0 Å². The fourth-order valence-electron chi connectivity index (χ4n) is 0.754. The van der Waals surface area contributed by atoms with Crippen molar-refractivity contribution < 1.29 is 0 Å². The molecule has 0 unspecified atom stereocenters. The van der Waals surface area contributed by atoms with Crippen LogP contribution in [0.2, 0.25) is 0 Å². The van der Waals surface area contributed by atoms with Crippen LogP contribution in [0.25, 0.3) is 0 Å². The molecular formula is C9H12N4S. The van der Waals surface area contributed by atoms with Crippen molar-refractivity contribution in [3.05, 3.63) is 41.9 Å². The molecule has 0 aliphatic rings. The molecule has 4 nitrogen and oxygen atoms in total. The van der Waals surface area contributed by atoms with Crippen LogP contribution in [0.15, 0.2) is 51.9 Å². The lowest BCUT2D eigenvalue weighted by Crippen LogP contribution is -2.24. The Morgan fingerprint density at radius 1 is 1.29 bits per heavy atom. The van der Waals surface area contributed by atoms with Crippen molar-refractivity contribution in [2.24, 2.45) is 16.6 Å². The lowest BCUT2D eigenvalue weighted by atomic mass is 10.4. The summed E-state index contributed by atoms with van der Waals surface area (Å²) in [5.74, 6) is 0.0133.